The number of para-hydroxylation sites is 1. The van der Waals surface area contributed by atoms with Crippen LogP contribution in [0.2, 0.25) is 0 Å². The Kier molecular flexibility index (Phi) is 3.90. The average molecular weight is 358 g/mol. The van der Waals surface area contributed by atoms with E-state index in [9.17, 15) is 0 Å². The van der Waals surface area contributed by atoms with Crippen molar-refractivity contribution in [2.24, 2.45) is 0 Å². The molecule has 0 spiro atoms. The molecule has 6 nitrogen and oxygen atoms in total. The summed E-state index contributed by atoms with van der Waals surface area (Å²) < 4.78 is 0. The highest BCUT2D eigenvalue weighted by Crippen LogP contribution is 2.31. The van der Waals surface area contributed by atoms with Gasteiger partial charge in [0.25, 0.3) is 0 Å². The first-order valence-corrected chi connectivity index (χ1v) is 9.38. The zero-order valence-electron chi connectivity index (χ0n) is 15.0. The van der Waals surface area contributed by atoms with Crippen LogP contribution in [0.3, 0.4) is 0 Å². The first-order valence-electron chi connectivity index (χ1n) is 9.38. The summed E-state index contributed by atoms with van der Waals surface area (Å²) in [5.74, 6) is 0.747. The highest BCUT2D eigenvalue weighted by atomic mass is 15.0. The van der Waals surface area contributed by atoms with Crippen LogP contribution in [0.25, 0.3) is 33.3 Å². The molecule has 1 fully saturated rings. The summed E-state index contributed by atoms with van der Waals surface area (Å²) in [4.78, 5) is 12.7. The molecule has 136 valence electrons. The summed E-state index contributed by atoms with van der Waals surface area (Å²) in [6, 6.07) is 14.6. The summed E-state index contributed by atoms with van der Waals surface area (Å²) in [6.07, 6.45) is 4.20. The van der Waals surface area contributed by atoms with Crippen LogP contribution in [0.5, 0.6) is 0 Å². The molecule has 0 radical (unpaired) electrons. The fraction of sp³-hybridized carbons (Fsp3) is 0.238. The molecule has 1 unspecified atom stereocenters. The van der Waals surface area contributed by atoms with E-state index in [2.05, 4.69) is 32.7 Å². The first-order chi connectivity index (χ1) is 13.3. The van der Waals surface area contributed by atoms with Crippen molar-refractivity contribution in [3.63, 3.8) is 0 Å². The Labute approximate surface area is 157 Å². The minimum absolute atomic E-state index is 0.471. The van der Waals surface area contributed by atoms with Crippen molar-refractivity contribution < 1.29 is 0 Å². The number of aromatic amines is 1. The van der Waals surface area contributed by atoms with Crippen LogP contribution in [0.1, 0.15) is 12.8 Å². The average Bonchev–Trinajstić information content (AvgIpc) is 3.12. The van der Waals surface area contributed by atoms with Gasteiger partial charge in [0.15, 0.2) is 0 Å². The van der Waals surface area contributed by atoms with Gasteiger partial charge >= 0.3 is 0 Å². The van der Waals surface area contributed by atoms with Gasteiger partial charge < -0.3 is 21.4 Å². The molecule has 1 saturated heterocycles. The fourth-order valence-corrected chi connectivity index (χ4v) is 3.79. The lowest BCUT2D eigenvalue weighted by atomic mass is 10.1. The number of hydrogen-bond donors (Lipinski definition) is 4. The molecule has 1 aliphatic rings. The number of anilines is 2. The van der Waals surface area contributed by atoms with Crippen LogP contribution in [0, 0.1) is 0 Å². The molecule has 2 aromatic heterocycles. The van der Waals surface area contributed by atoms with Gasteiger partial charge in [-0.3, -0.25) is 4.98 Å². The Balaban J connectivity index is 1.50. The zero-order valence-corrected chi connectivity index (χ0v) is 15.0. The molecule has 2 aromatic carbocycles. The molecule has 5 N–H and O–H groups in total. The second kappa shape index (κ2) is 6.55. The van der Waals surface area contributed by atoms with Crippen LogP contribution in [0.4, 0.5) is 11.4 Å². The van der Waals surface area contributed by atoms with Crippen molar-refractivity contribution in [3.8, 4) is 11.4 Å². The van der Waals surface area contributed by atoms with E-state index in [-0.39, 0.29) is 0 Å². The number of imidazole rings is 1. The number of H-pyrrole nitrogens is 1. The Hall–Kier alpha value is -3.12. The fourth-order valence-electron chi connectivity index (χ4n) is 3.79. The van der Waals surface area contributed by atoms with Gasteiger partial charge in [-0.25, -0.2) is 4.98 Å². The van der Waals surface area contributed by atoms with Crippen molar-refractivity contribution in [1.29, 1.82) is 0 Å². The Morgan fingerprint density at radius 3 is 2.93 bits per heavy atom. The van der Waals surface area contributed by atoms with Crippen LogP contribution < -0.4 is 16.4 Å². The standard InChI is InChI=1S/C21H22N6/c22-20-15-5-1-2-6-17(15)24-12-16(20)21-26-18-8-7-13(10-19(18)27-21)25-14-4-3-9-23-11-14/h1-2,5-8,10,12,14,23,25H,3-4,9,11H2,(H2,22,24)(H,26,27). The van der Waals surface area contributed by atoms with E-state index < -0.39 is 0 Å². The second-order valence-corrected chi connectivity index (χ2v) is 7.11. The Morgan fingerprint density at radius 2 is 2.04 bits per heavy atom. The number of pyridine rings is 1. The number of nitrogen functional groups attached to an aromatic ring is 1. The molecule has 4 aromatic rings. The Bertz CT molecular complexity index is 1110. The normalized spacial score (nSPS) is 17.4. The molecule has 0 bridgehead atoms. The monoisotopic (exact) mass is 358 g/mol. The van der Waals surface area contributed by atoms with E-state index in [0.29, 0.717) is 11.7 Å². The van der Waals surface area contributed by atoms with Gasteiger partial charge in [-0.05, 0) is 43.7 Å². The Morgan fingerprint density at radius 1 is 1.11 bits per heavy atom. The predicted octanol–water partition coefficient (Wildman–Crippen LogP) is 3.52. The van der Waals surface area contributed by atoms with Gasteiger partial charge in [-0.15, -0.1) is 0 Å². The van der Waals surface area contributed by atoms with Crippen molar-refractivity contribution in [1.82, 2.24) is 20.3 Å². The lowest BCUT2D eigenvalue weighted by Gasteiger charge is -2.24. The molecule has 1 atom stereocenters. The van der Waals surface area contributed by atoms with Gasteiger partial charge in [0.2, 0.25) is 0 Å². The van der Waals surface area contributed by atoms with Crippen LogP contribution in [-0.4, -0.2) is 34.1 Å². The summed E-state index contributed by atoms with van der Waals surface area (Å²) in [5, 5.41) is 7.99. The lowest BCUT2D eigenvalue weighted by Crippen LogP contribution is -2.38. The molecular weight excluding hydrogens is 336 g/mol. The van der Waals surface area contributed by atoms with Crippen LogP contribution in [-0.2, 0) is 0 Å². The molecule has 6 heteroatoms. The van der Waals surface area contributed by atoms with Crippen LogP contribution in [0.15, 0.2) is 48.7 Å². The van der Waals surface area contributed by atoms with E-state index in [1.54, 1.807) is 6.20 Å². The van der Waals surface area contributed by atoms with Crippen molar-refractivity contribution in [3.05, 3.63) is 48.7 Å². The minimum atomic E-state index is 0.471. The third-order valence-corrected chi connectivity index (χ3v) is 5.22. The molecule has 0 saturated carbocycles. The van der Waals surface area contributed by atoms with Crippen molar-refractivity contribution in [2.75, 3.05) is 24.1 Å². The number of nitrogens with two attached hydrogens (primary N) is 1. The minimum Gasteiger partial charge on any atom is -0.398 e. The number of fused-ring (bicyclic) bond motifs is 2. The second-order valence-electron chi connectivity index (χ2n) is 7.11. The number of piperidine rings is 1. The number of aromatic nitrogens is 3. The van der Waals surface area contributed by atoms with Gasteiger partial charge in [0.1, 0.15) is 5.82 Å². The largest absolute Gasteiger partial charge is 0.398 e. The maximum Gasteiger partial charge on any atom is 0.142 e. The number of hydrogen-bond acceptors (Lipinski definition) is 5. The molecule has 1 aliphatic heterocycles. The first kappa shape index (κ1) is 16.1. The highest BCUT2D eigenvalue weighted by Gasteiger charge is 2.14. The maximum absolute atomic E-state index is 6.41. The topological polar surface area (TPSA) is 91.6 Å². The third kappa shape index (κ3) is 2.98. The van der Waals surface area contributed by atoms with Gasteiger partial charge in [0.05, 0.1) is 27.8 Å². The number of benzene rings is 2. The van der Waals surface area contributed by atoms with E-state index in [1.807, 2.05) is 30.3 Å². The zero-order chi connectivity index (χ0) is 18.2. The molecule has 0 amide bonds. The van der Waals surface area contributed by atoms with E-state index in [4.69, 9.17) is 10.7 Å². The highest BCUT2D eigenvalue weighted by molar-refractivity contribution is 5.97. The van der Waals surface area contributed by atoms with E-state index in [1.165, 1.54) is 12.8 Å². The van der Waals surface area contributed by atoms with Gasteiger partial charge in [-0.1, -0.05) is 18.2 Å². The van der Waals surface area contributed by atoms with Gasteiger partial charge in [0, 0.05) is 29.9 Å². The number of rotatable bonds is 3. The van der Waals surface area contributed by atoms with Gasteiger partial charge in [-0.2, -0.15) is 0 Å². The molecule has 0 aliphatic carbocycles. The van der Waals surface area contributed by atoms with E-state index in [0.717, 1.165) is 52.1 Å². The molecular formula is C21H22N6. The predicted molar refractivity (Wildman–Crippen MR) is 111 cm³/mol. The van der Waals surface area contributed by atoms with Crippen LogP contribution >= 0.6 is 0 Å². The maximum atomic E-state index is 6.41. The number of nitrogens with zero attached hydrogens (tertiary/aromatic N) is 2. The summed E-state index contributed by atoms with van der Waals surface area (Å²) in [6.45, 7) is 2.12. The van der Waals surface area contributed by atoms with Crippen molar-refractivity contribution >= 4 is 33.3 Å². The third-order valence-electron chi connectivity index (χ3n) is 5.22. The summed E-state index contributed by atoms with van der Waals surface area (Å²) in [5.41, 5.74) is 11.8. The molecule has 5 rings (SSSR count). The van der Waals surface area contributed by atoms with E-state index >= 15 is 0 Å². The summed E-state index contributed by atoms with van der Waals surface area (Å²) >= 11 is 0. The smallest absolute Gasteiger partial charge is 0.142 e. The summed E-state index contributed by atoms with van der Waals surface area (Å²) in [7, 11) is 0. The SMILES string of the molecule is Nc1c(-c2nc3ccc(NC4CCCNC4)cc3[nH]2)cnc2ccccc12. The number of nitrogens with one attached hydrogen (secondary N) is 3. The van der Waals surface area contributed by atoms with Crippen molar-refractivity contribution in [2.45, 2.75) is 18.9 Å². The quantitative estimate of drug-likeness (QED) is 0.450. The molecule has 27 heavy (non-hydrogen) atoms. The molecule has 3 heterocycles. The lowest BCUT2D eigenvalue weighted by molar-refractivity contribution is 0.480.